The van der Waals surface area contributed by atoms with Crippen molar-refractivity contribution in [2.24, 2.45) is 0 Å². The van der Waals surface area contributed by atoms with Gasteiger partial charge in [-0.05, 0) is 65.9 Å². The molecule has 0 aliphatic rings. The Morgan fingerprint density at radius 2 is 0.404 bits per heavy atom. The predicted molar refractivity (Wildman–Crippen MR) is 203 cm³/mol. The summed E-state index contributed by atoms with van der Waals surface area (Å²) in [4.78, 5) is 0. The van der Waals surface area contributed by atoms with Gasteiger partial charge in [-0.3, -0.25) is 0 Å². The van der Waals surface area contributed by atoms with E-state index >= 15 is 0 Å². The van der Waals surface area contributed by atoms with E-state index in [1.165, 1.54) is 0 Å². The SMILES string of the molecule is CC(C)(C)c1cccc(C(C)(C)C)c1O.CC(C)(C)c1cccc(C(C)(C)C)c1O.CC(C)(C)c1cccc(C(C)(C)C)c1O.[CH3-].[Zr]. The molecule has 0 bridgehead atoms. The van der Waals surface area contributed by atoms with Crippen molar-refractivity contribution in [2.75, 3.05) is 0 Å². The first-order valence-electron chi connectivity index (χ1n) is 16.4. The second-order valence-corrected chi connectivity index (χ2v) is 18.6. The van der Waals surface area contributed by atoms with E-state index in [0.717, 1.165) is 33.4 Å². The number of hydrogen-bond acceptors (Lipinski definition) is 3. The zero-order valence-corrected chi connectivity index (χ0v) is 36.0. The van der Waals surface area contributed by atoms with Gasteiger partial charge in [-0.25, -0.2) is 0 Å². The summed E-state index contributed by atoms with van der Waals surface area (Å²) in [7, 11) is 0. The van der Waals surface area contributed by atoms with Crippen molar-refractivity contribution < 1.29 is 41.5 Å². The van der Waals surface area contributed by atoms with Crippen LogP contribution in [0.2, 0.25) is 0 Å². The second-order valence-electron chi connectivity index (χ2n) is 18.6. The molecule has 0 spiro atoms. The van der Waals surface area contributed by atoms with Gasteiger partial charge >= 0.3 is 0 Å². The Morgan fingerprint density at radius 3 is 0.489 bits per heavy atom. The predicted octanol–water partition coefficient (Wildman–Crippen LogP) is 12.4. The number of para-hydroxylation sites is 3. The molecule has 0 unspecified atom stereocenters. The Balaban J connectivity index is 0. The number of hydrogen-bond donors (Lipinski definition) is 3. The number of phenolic OH excluding ortho intramolecular Hbond substituents is 3. The van der Waals surface area contributed by atoms with Crippen molar-refractivity contribution in [3.63, 3.8) is 0 Å². The monoisotopic (exact) mass is 723 g/mol. The molecule has 264 valence electrons. The van der Waals surface area contributed by atoms with Crippen LogP contribution in [0.1, 0.15) is 158 Å². The van der Waals surface area contributed by atoms with Crippen LogP contribution in [-0.4, -0.2) is 15.3 Å². The molecule has 3 nitrogen and oxygen atoms in total. The summed E-state index contributed by atoms with van der Waals surface area (Å²) in [6, 6.07) is 18.1. The molecule has 0 aromatic heterocycles. The molecule has 3 N–H and O–H groups in total. The second kappa shape index (κ2) is 16.6. The number of rotatable bonds is 0. The van der Waals surface area contributed by atoms with Crippen molar-refractivity contribution in [2.45, 2.75) is 157 Å². The van der Waals surface area contributed by atoms with E-state index in [1.807, 2.05) is 54.6 Å². The van der Waals surface area contributed by atoms with E-state index in [0.29, 0.717) is 17.2 Å². The van der Waals surface area contributed by atoms with Crippen LogP contribution in [-0.2, 0) is 58.7 Å². The summed E-state index contributed by atoms with van der Waals surface area (Å²) >= 11 is 0. The minimum absolute atomic E-state index is 0. The molecular weight excluding hydrogens is 656 g/mol. The van der Waals surface area contributed by atoms with Gasteiger partial charge in [-0.1, -0.05) is 179 Å². The van der Waals surface area contributed by atoms with Crippen LogP contribution in [0.5, 0.6) is 17.2 Å². The minimum Gasteiger partial charge on any atom is -0.507 e. The first-order chi connectivity index (χ1) is 19.9. The van der Waals surface area contributed by atoms with Crippen LogP contribution in [0.15, 0.2) is 54.6 Å². The maximum absolute atomic E-state index is 10.3. The smallest absolute Gasteiger partial charge is 0.123 e. The van der Waals surface area contributed by atoms with E-state index in [9.17, 15) is 15.3 Å². The van der Waals surface area contributed by atoms with E-state index in [-0.39, 0.29) is 66.1 Å². The molecule has 0 heterocycles. The number of aromatic hydroxyl groups is 3. The molecule has 0 atom stereocenters. The van der Waals surface area contributed by atoms with Crippen LogP contribution >= 0.6 is 0 Å². The Bertz CT molecular complexity index is 1140. The average molecular weight is 725 g/mol. The zero-order chi connectivity index (χ0) is 35.6. The van der Waals surface area contributed by atoms with Crippen LogP contribution in [0, 0.1) is 7.43 Å². The third kappa shape index (κ3) is 13.4. The van der Waals surface area contributed by atoms with Gasteiger partial charge < -0.3 is 22.7 Å². The summed E-state index contributed by atoms with van der Waals surface area (Å²) in [5, 5.41) is 30.8. The summed E-state index contributed by atoms with van der Waals surface area (Å²) in [6.45, 7) is 38.2. The summed E-state index contributed by atoms with van der Waals surface area (Å²) in [6.07, 6.45) is 0. The topological polar surface area (TPSA) is 60.7 Å². The molecule has 3 rings (SSSR count). The summed E-state index contributed by atoms with van der Waals surface area (Å²) < 4.78 is 0. The normalized spacial score (nSPS) is 12.4. The average Bonchev–Trinajstić information content (AvgIpc) is 2.81. The zero-order valence-electron chi connectivity index (χ0n) is 33.5. The molecule has 0 saturated carbocycles. The third-order valence-corrected chi connectivity index (χ3v) is 7.96. The largest absolute Gasteiger partial charge is 0.507 e. The number of phenols is 3. The Morgan fingerprint density at radius 1 is 0.298 bits per heavy atom. The van der Waals surface area contributed by atoms with Crippen molar-refractivity contribution in [3.8, 4) is 17.2 Å². The van der Waals surface area contributed by atoms with Gasteiger partial charge in [0.25, 0.3) is 0 Å². The minimum atomic E-state index is -0.00859. The van der Waals surface area contributed by atoms with Crippen LogP contribution in [0.4, 0.5) is 0 Å². The van der Waals surface area contributed by atoms with E-state index in [2.05, 4.69) is 125 Å². The maximum Gasteiger partial charge on any atom is 0.123 e. The van der Waals surface area contributed by atoms with Gasteiger partial charge in [0.05, 0.1) is 0 Å². The quantitative estimate of drug-likeness (QED) is 0.202. The number of benzene rings is 3. The molecular formula is C43H69O3Zr-. The van der Waals surface area contributed by atoms with E-state index < -0.39 is 0 Å². The van der Waals surface area contributed by atoms with Gasteiger partial charge in [0.1, 0.15) is 17.2 Å². The molecule has 3 aromatic carbocycles. The molecule has 0 aliphatic carbocycles. The van der Waals surface area contributed by atoms with Crippen LogP contribution in [0.25, 0.3) is 0 Å². The molecule has 0 amide bonds. The Labute approximate surface area is 309 Å². The molecule has 3 aromatic rings. The van der Waals surface area contributed by atoms with Crippen LogP contribution < -0.4 is 0 Å². The molecule has 47 heavy (non-hydrogen) atoms. The van der Waals surface area contributed by atoms with E-state index in [1.54, 1.807) is 0 Å². The third-order valence-electron chi connectivity index (χ3n) is 7.96. The van der Waals surface area contributed by atoms with Gasteiger partial charge in [0, 0.05) is 26.2 Å². The first-order valence-corrected chi connectivity index (χ1v) is 16.4. The molecule has 0 saturated heterocycles. The summed E-state index contributed by atoms with van der Waals surface area (Å²) in [5.41, 5.74) is 6.09. The van der Waals surface area contributed by atoms with Crippen molar-refractivity contribution >= 4 is 0 Å². The van der Waals surface area contributed by atoms with Crippen molar-refractivity contribution in [1.29, 1.82) is 0 Å². The van der Waals surface area contributed by atoms with Crippen molar-refractivity contribution in [3.05, 3.63) is 95.4 Å². The molecule has 0 aliphatic heterocycles. The first kappa shape index (κ1) is 47.1. The molecule has 0 radical (unpaired) electrons. The standard InChI is InChI=1S/3C14H22O.CH3.Zr/c3*1-13(2,3)10-8-7-9-11(12(10)15)14(4,5)6;;/h3*7-9,15H,1-6H3;1H3;/q;;;-1;. The summed E-state index contributed by atoms with van der Waals surface area (Å²) in [5.74, 6) is 1.37. The fraction of sp³-hybridized carbons (Fsp3) is 0.558. The van der Waals surface area contributed by atoms with Gasteiger partial charge in [0.15, 0.2) is 0 Å². The Kier molecular flexibility index (Phi) is 16.6. The molecule has 4 heteroatoms. The maximum atomic E-state index is 10.3. The van der Waals surface area contributed by atoms with Gasteiger partial charge in [0.2, 0.25) is 0 Å². The fourth-order valence-electron chi connectivity index (χ4n) is 5.26. The van der Waals surface area contributed by atoms with E-state index in [4.69, 9.17) is 0 Å². The van der Waals surface area contributed by atoms with Crippen LogP contribution in [0.3, 0.4) is 0 Å². The van der Waals surface area contributed by atoms with Gasteiger partial charge in [-0.15, -0.1) is 0 Å². The van der Waals surface area contributed by atoms with Crippen molar-refractivity contribution in [1.82, 2.24) is 0 Å². The fourth-order valence-corrected chi connectivity index (χ4v) is 5.26. The molecule has 0 fully saturated rings. The Hall–Kier alpha value is -2.06. The van der Waals surface area contributed by atoms with Gasteiger partial charge in [-0.2, -0.15) is 0 Å².